The third-order valence-corrected chi connectivity index (χ3v) is 4.66. The van der Waals surface area contributed by atoms with E-state index in [2.05, 4.69) is 6.92 Å². The number of halogens is 1. The first-order valence-electron chi connectivity index (χ1n) is 12.5. The molecule has 0 aromatic heterocycles. The number of hydrogen-bond donors (Lipinski definition) is 0. The van der Waals surface area contributed by atoms with Crippen LogP contribution < -0.4 is 0 Å². The fraction of sp³-hybridized carbons (Fsp3) is 0.958. The van der Waals surface area contributed by atoms with E-state index in [0.29, 0.717) is 85.9 Å². The third kappa shape index (κ3) is 24.3. The Kier molecular flexibility index (Phi) is 27.6. The van der Waals surface area contributed by atoms with Crippen LogP contribution in [0, 0.1) is 5.92 Å². The van der Waals surface area contributed by atoms with Crippen molar-refractivity contribution in [1.82, 2.24) is 0 Å². The van der Waals surface area contributed by atoms with E-state index in [1.54, 1.807) is 0 Å². The van der Waals surface area contributed by atoms with Crippen molar-refractivity contribution >= 4 is 5.97 Å². The van der Waals surface area contributed by atoms with E-state index in [1.165, 1.54) is 0 Å². The largest absolute Gasteiger partial charge is 0.463 e. The minimum atomic E-state index is -0.474. The van der Waals surface area contributed by atoms with Crippen molar-refractivity contribution in [3.63, 3.8) is 0 Å². The van der Waals surface area contributed by atoms with Crippen molar-refractivity contribution in [3.05, 3.63) is 0 Å². The molecule has 0 N–H and O–H groups in total. The first-order valence-corrected chi connectivity index (χ1v) is 12.5. The maximum atomic E-state index is 11.9. The maximum Gasteiger partial charge on any atom is 0.308 e. The Hall–Kier alpha value is -0.880. The molecule has 1 atom stereocenters. The number of carbonyl (C=O) groups excluding carboxylic acids is 1. The standard InChI is InChI=1S/C24H47FO9/c1-3-5-6-23(4-2)24(26)34-22-21-33-20-19-32-18-17-31-16-15-30-14-13-29-12-11-28-10-9-27-8-7-25/h23H,3-22H2,1-2H3. The zero-order valence-corrected chi connectivity index (χ0v) is 21.3. The number of carbonyl (C=O) groups is 1. The number of alkyl halides is 1. The zero-order chi connectivity index (χ0) is 25.0. The highest BCUT2D eigenvalue weighted by Crippen LogP contribution is 2.14. The van der Waals surface area contributed by atoms with E-state index < -0.39 is 6.67 Å². The van der Waals surface area contributed by atoms with Crippen molar-refractivity contribution in [2.24, 2.45) is 5.92 Å². The molecule has 0 saturated heterocycles. The summed E-state index contributed by atoms with van der Waals surface area (Å²) < 4.78 is 54.3. The molecule has 0 radical (unpaired) electrons. The Morgan fingerprint density at radius 2 is 0.941 bits per heavy atom. The molecule has 0 aromatic carbocycles. The molecule has 0 bridgehead atoms. The fourth-order valence-corrected chi connectivity index (χ4v) is 2.73. The SMILES string of the molecule is CCCCC(CC)C(=O)OCCOCCOCCOCCOCCOCCOCCOCCF. The molecule has 0 aliphatic carbocycles. The van der Waals surface area contributed by atoms with Crippen molar-refractivity contribution < 1.29 is 47.1 Å². The van der Waals surface area contributed by atoms with Crippen molar-refractivity contribution in [2.75, 3.05) is 106 Å². The van der Waals surface area contributed by atoms with Crippen LogP contribution in [0.2, 0.25) is 0 Å². The lowest BCUT2D eigenvalue weighted by Gasteiger charge is -2.13. The van der Waals surface area contributed by atoms with Gasteiger partial charge < -0.3 is 37.9 Å². The van der Waals surface area contributed by atoms with Gasteiger partial charge in [0.1, 0.15) is 13.3 Å². The van der Waals surface area contributed by atoms with E-state index in [0.717, 1.165) is 25.7 Å². The van der Waals surface area contributed by atoms with Gasteiger partial charge >= 0.3 is 5.97 Å². The molecule has 0 aliphatic rings. The second-order valence-electron chi connectivity index (χ2n) is 7.39. The first-order chi connectivity index (χ1) is 16.8. The summed E-state index contributed by atoms with van der Waals surface area (Å²) in [6.07, 6.45) is 3.84. The van der Waals surface area contributed by atoms with Crippen LogP contribution in [0.15, 0.2) is 0 Å². The number of esters is 1. The summed E-state index contributed by atoms with van der Waals surface area (Å²) in [5.74, 6) is -0.122. The van der Waals surface area contributed by atoms with Gasteiger partial charge in [0.15, 0.2) is 0 Å². The number of hydrogen-bond acceptors (Lipinski definition) is 9. The molecule has 0 saturated carbocycles. The minimum Gasteiger partial charge on any atom is -0.463 e. The van der Waals surface area contributed by atoms with Crippen LogP contribution in [0.3, 0.4) is 0 Å². The highest BCUT2D eigenvalue weighted by molar-refractivity contribution is 5.72. The van der Waals surface area contributed by atoms with Gasteiger partial charge in [0.2, 0.25) is 0 Å². The molecule has 34 heavy (non-hydrogen) atoms. The third-order valence-electron chi connectivity index (χ3n) is 4.66. The van der Waals surface area contributed by atoms with Gasteiger partial charge in [-0.15, -0.1) is 0 Å². The molecule has 0 amide bonds. The van der Waals surface area contributed by atoms with Crippen molar-refractivity contribution in [1.29, 1.82) is 0 Å². The topological polar surface area (TPSA) is 90.9 Å². The number of rotatable bonds is 28. The molecule has 0 spiro atoms. The average molecular weight is 499 g/mol. The molecule has 9 nitrogen and oxygen atoms in total. The van der Waals surface area contributed by atoms with Crippen LogP contribution in [0.5, 0.6) is 0 Å². The number of ether oxygens (including phenoxy) is 8. The van der Waals surface area contributed by atoms with Gasteiger partial charge in [-0.1, -0.05) is 26.7 Å². The lowest BCUT2D eigenvalue weighted by atomic mass is 10.00. The quantitative estimate of drug-likeness (QED) is 0.119. The monoisotopic (exact) mass is 498 g/mol. The van der Waals surface area contributed by atoms with Gasteiger partial charge in [0, 0.05) is 0 Å². The van der Waals surface area contributed by atoms with Gasteiger partial charge in [-0.05, 0) is 12.8 Å². The molecular formula is C24H47FO9. The maximum absolute atomic E-state index is 11.9. The summed E-state index contributed by atoms with van der Waals surface area (Å²) in [6.45, 7) is 10.0. The van der Waals surface area contributed by atoms with E-state index in [-0.39, 0.29) is 25.1 Å². The normalized spacial score (nSPS) is 12.2. The van der Waals surface area contributed by atoms with Crippen molar-refractivity contribution in [2.45, 2.75) is 39.5 Å². The lowest BCUT2D eigenvalue weighted by Crippen LogP contribution is -2.20. The molecule has 1 unspecified atom stereocenters. The lowest BCUT2D eigenvalue weighted by molar-refractivity contribution is -0.150. The summed E-state index contributed by atoms with van der Waals surface area (Å²) >= 11 is 0. The van der Waals surface area contributed by atoms with Crippen LogP contribution in [-0.2, 0) is 42.7 Å². The van der Waals surface area contributed by atoms with Gasteiger partial charge in [-0.25, -0.2) is 4.39 Å². The Morgan fingerprint density at radius 3 is 1.26 bits per heavy atom. The number of unbranched alkanes of at least 4 members (excludes halogenated alkanes) is 1. The Balaban J connectivity index is 3.18. The zero-order valence-electron chi connectivity index (χ0n) is 21.3. The van der Waals surface area contributed by atoms with Gasteiger partial charge in [-0.3, -0.25) is 4.79 Å². The van der Waals surface area contributed by atoms with E-state index in [9.17, 15) is 9.18 Å². The highest BCUT2D eigenvalue weighted by Gasteiger charge is 2.16. The van der Waals surface area contributed by atoms with E-state index in [4.69, 9.17) is 37.9 Å². The highest BCUT2D eigenvalue weighted by atomic mass is 19.1. The van der Waals surface area contributed by atoms with Crippen LogP contribution in [0.25, 0.3) is 0 Å². The van der Waals surface area contributed by atoms with Gasteiger partial charge in [-0.2, -0.15) is 0 Å². The predicted molar refractivity (Wildman–Crippen MR) is 126 cm³/mol. The van der Waals surface area contributed by atoms with E-state index in [1.807, 2.05) is 6.92 Å². The molecule has 0 aromatic rings. The van der Waals surface area contributed by atoms with Crippen LogP contribution >= 0.6 is 0 Å². The Labute approximate surface area is 204 Å². The first kappa shape index (κ1) is 33.1. The second-order valence-corrected chi connectivity index (χ2v) is 7.39. The Morgan fingerprint density at radius 1 is 0.588 bits per heavy atom. The minimum absolute atomic E-state index is 0.000745. The average Bonchev–Trinajstić information content (AvgIpc) is 2.85. The predicted octanol–water partition coefficient (Wildman–Crippen LogP) is 2.83. The van der Waals surface area contributed by atoms with Crippen LogP contribution in [-0.4, -0.2) is 112 Å². The Bertz CT molecular complexity index is 416. The molecular weight excluding hydrogens is 451 g/mol. The van der Waals surface area contributed by atoms with Gasteiger partial charge in [0.25, 0.3) is 0 Å². The summed E-state index contributed by atoms with van der Waals surface area (Å²) in [6, 6.07) is 0. The molecule has 0 aliphatic heterocycles. The molecule has 0 fully saturated rings. The van der Waals surface area contributed by atoms with Crippen LogP contribution in [0.1, 0.15) is 39.5 Å². The van der Waals surface area contributed by atoms with Crippen molar-refractivity contribution in [3.8, 4) is 0 Å². The van der Waals surface area contributed by atoms with Crippen LogP contribution in [0.4, 0.5) is 4.39 Å². The summed E-state index contributed by atoms with van der Waals surface area (Å²) in [5, 5.41) is 0. The summed E-state index contributed by atoms with van der Waals surface area (Å²) in [7, 11) is 0. The molecule has 0 heterocycles. The molecule has 204 valence electrons. The fourth-order valence-electron chi connectivity index (χ4n) is 2.73. The summed E-state index contributed by atoms with van der Waals surface area (Å²) in [4.78, 5) is 11.9. The second kappa shape index (κ2) is 28.4. The smallest absolute Gasteiger partial charge is 0.308 e. The molecule has 0 rings (SSSR count). The van der Waals surface area contributed by atoms with E-state index >= 15 is 0 Å². The summed E-state index contributed by atoms with van der Waals surface area (Å²) in [5.41, 5.74) is 0. The molecule has 10 heteroatoms. The van der Waals surface area contributed by atoms with Gasteiger partial charge in [0.05, 0.1) is 98.4 Å².